The average Bonchev–Trinajstić information content (AvgIpc) is 3.15. The van der Waals surface area contributed by atoms with Crippen LogP contribution in [0, 0.1) is 0 Å². The lowest BCUT2D eigenvalue weighted by atomic mass is 10.1. The summed E-state index contributed by atoms with van der Waals surface area (Å²) in [5.74, 6) is -1.53. The maximum Gasteiger partial charge on any atom is 0.362 e. The third-order valence-corrected chi connectivity index (χ3v) is 9.40. The maximum absolute atomic E-state index is 12.7. The number of likely N-dealkylation sites (N-methyl/N-ethyl adjacent to an activating group) is 1. The molecule has 8 heteroatoms. The lowest BCUT2D eigenvalue weighted by molar-refractivity contribution is -0.887. The van der Waals surface area contributed by atoms with Crippen molar-refractivity contribution < 1.29 is 38.2 Å². The lowest BCUT2D eigenvalue weighted by Crippen LogP contribution is -2.50. The van der Waals surface area contributed by atoms with E-state index in [4.69, 9.17) is 14.2 Å². The van der Waals surface area contributed by atoms with Crippen LogP contribution in [0.1, 0.15) is 162 Å². The van der Waals surface area contributed by atoms with Crippen LogP contribution in [0.15, 0.2) is 72.9 Å². The molecular formula is C48H82NO7+. The third-order valence-electron chi connectivity index (χ3n) is 9.40. The van der Waals surface area contributed by atoms with Crippen molar-refractivity contribution in [3.63, 3.8) is 0 Å². The van der Waals surface area contributed by atoms with Crippen LogP contribution in [0.2, 0.25) is 0 Å². The summed E-state index contributed by atoms with van der Waals surface area (Å²) in [6.45, 7) is 4.54. The fraction of sp³-hybridized carbons (Fsp3) is 0.688. The molecule has 0 rings (SSSR count). The number of hydrogen-bond donors (Lipinski definition) is 1. The molecule has 0 bridgehead atoms. The number of hydrogen-bond acceptors (Lipinski definition) is 6. The van der Waals surface area contributed by atoms with Crippen molar-refractivity contribution in [1.29, 1.82) is 0 Å². The Hall–Kier alpha value is -3.23. The first-order valence-electron chi connectivity index (χ1n) is 22.0. The Labute approximate surface area is 342 Å². The molecule has 0 radical (unpaired) electrons. The fourth-order valence-electron chi connectivity index (χ4n) is 5.99. The zero-order valence-electron chi connectivity index (χ0n) is 36.3. The highest BCUT2D eigenvalue weighted by Gasteiger charge is 2.31. The molecule has 0 heterocycles. The summed E-state index contributed by atoms with van der Waals surface area (Å²) in [6, 6.07) is -0.625. The van der Waals surface area contributed by atoms with E-state index in [9.17, 15) is 19.5 Å². The zero-order chi connectivity index (χ0) is 41.4. The second-order valence-electron chi connectivity index (χ2n) is 15.6. The van der Waals surface area contributed by atoms with Crippen LogP contribution in [0.4, 0.5) is 0 Å². The van der Waals surface area contributed by atoms with Gasteiger partial charge in [0.2, 0.25) is 0 Å². The van der Waals surface area contributed by atoms with Crippen molar-refractivity contribution in [2.75, 3.05) is 41.0 Å². The van der Waals surface area contributed by atoms with Crippen molar-refractivity contribution in [2.45, 2.75) is 174 Å². The van der Waals surface area contributed by atoms with Crippen molar-refractivity contribution in [1.82, 2.24) is 0 Å². The molecule has 1 N–H and O–H groups in total. The highest BCUT2D eigenvalue weighted by atomic mass is 16.6. The molecule has 0 spiro atoms. The Morgan fingerprint density at radius 1 is 0.571 bits per heavy atom. The van der Waals surface area contributed by atoms with Crippen LogP contribution in [-0.4, -0.2) is 80.6 Å². The van der Waals surface area contributed by atoms with Crippen LogP contribution in [0.3, 0.4) is 0 Å². The van der Waals surface area contributed by atoms with E-state index in [2.05, 4.69) is 86.8 Å². The van der Waals surface area contributed by atoms with Gasteiger partial charge in [-0.1, -0.05) is 145 Å². The van der Waals surface area contributed by atoms with Gasteiger partial charge in [-0.2, -0.15) is 0 Å². The number of allylic oxidation sites excluding steroid dienone is 12. The van der Waals surface area contributed by atoms with E-state index in [0.717, 1.165) is 96.3 Å². The molecule has 0 aliphatic heterocycles. The van der Waals surface area contributed by atoms with Gasteiger partial charge in [0.25, 0.3) is 0 Å². The molecule has 0 aromatic rings. The van der Waals surface area contributed by atoms with E-state index in [1.807, 2.05) is 21.1 Å². The first-order valence-corrected chi connectivity index (χ1v) is 22.0. The number of carboxylic acids is 1. The summed E-state index contributed by atoms with van der Waals surface area (Å²) in [5, 5.41) is 9.61. The van der Waals surface area contributed by atoms with E-state index in [-0.39, 0.29) is 36.2 Å². The van der Waals surface area contributed by atoms with Gasteiger partial charge in [0.15, 0.2) is 12.1 Å². The molecule has 8 nitrogen and oxygen atoms in total. The number of rotatable bonds is 38. The lowest BCUT2D eigenvalue weighted by Gasteiger charge is -2.31. The number of ether oxygens (including phenoxy) is 3. The van der Waals surface area contributed by atoms with E-state index in [1.165, 1.54) is 32.1 Å². The number of nitrogens with zero attached hydrogens (tertiary/aromatic N) is 1. The van der Waals surface area contributed by atoms with Gasteiger partial charge in [0.05, 0.1) is 34.4 Å². The fourth-order valence-corrected chi connectivity index (χ4v) is 5.99. The van der Waals surface area contributed by atoms with Crippen LogP contribution < -0.4 is 0 Å². The zero-order valence-corrected chi connectivity index (χ0v) is 36.3. The third kappa shape index (κ3) is 36.4. The molecule has 2 unspecified atom stereocenters. The summed E-state index contributed by atoms with van der Waals surface area (Å²) in [5.41, 5.74) is 0. The maximum atomic E-state index is 12.7. The van der Waals surface area contributed by atoms with E-state index >= 15 is 0 Å². The van der Waals surface area contributed by atoms with Crippen LogP contribution in [-0.2, 0) is 28.6 Å². The van der Waals surface area contributed by atoms with E-state index in [1.54, 1.807) is 0 Å². The Bertz CT molecular complexity index is 1140. The van der Waals surface area contributed by atoms with Crippen LogP contribution in [0.25, 0.3) is 0 Å². The van der Waals surface area contributed by atoms with E-state index in [0.29, 0.717) is 19.3 Å². The van der Waals surface area contributed by atoms with Crippen LogP contribution in [0.5, 0.6) is 0 Å². The molecular weight excluding hydrogens is 703 g/mol. The molecule has 320 valence electrons. The Balaban J connectivity index is 4.43. The number of carboxylic acid groups (broad SMARTS) is 1. The average molecular weight is 785 g/mol. The van der Waals surface area contributed by atoms with Gasteiger partial charge in [0, 0.05) is 19.3 Å². The monoisotopic (exact) mass is 785 g/mol. The Morgan fingerprint density at radius 3 is 1.62 bits per heavy atom. The number of quaternary nitrogens is 1. The Morgan fingerprint density at radius 2 is 1.07 bits per heavy atom. The minimum Gasteiger partial charge on any atom is -0.477 e. The second kappa shape index (κ2) is 38.6. The molecule has 0 aliphatic rings. The van der Waals surface area contributed by atoms with Gasteiger partial charge in [-0.3, -0.25) is 9.59 Å². The van der Waals surface area contributed by atoms with Crippen molar-refractivity contribution >= 4 is 17.9 Å². The minimum absolute atomic E-state index is 0.0413. The summed E-state index contributed by atoms with van der Waals surface area (Å²) >= 11 is 0. The molecule has 56 heavy (non-hydrogen) atoms. The van der Waals surface area contributed by atoms with Gasteiger partial charge in [0.1, 0.15) is 6.61 Å². The molecule has 0 aliphatic carbocycles. The SMILES string of the molecule is CC/C=C/C/C=C/C/C=C/CCCCCCC(=O)OC(COCCC(C(=O)O)[N+](C)(C)C)COC(=O)CCCCCCC/C=C/C=C/C=C/CCCCCCC. The van der Waals surface area contributed by atoms with Crippen molar-refractivity contribution in [3.05, 3.63) is 72.9 Å². The molecule has 0 saturated carbocycles. The normalized spacial score (nSPS) is 13.7. The topological polar surface area (TPSA) is 99.1 Å². The number of carbonyl (C=O) groups is 3. The summed E-state index contributed by atoms with van der Waals surface area (Å²) in [4.78, 5) is 37.0. The standard InChI is InChI=1S/C48H81NO7/c1-6-8-10-12-14-16-18-20-22-23-24-25-27-28-30-32-34-36-38-46(50)55-43-44(42-54-41-40-45(48(52)53)49(3,4)5)56-47(51)39-37-35-33-31-29-26-21-19-17-15-13-11-9-7-2/h9,11,15,17-18,20-26,44-45H,6-8,10,12-14,16,19,27-43H2,1-5H3/p+1/b11-9+,17-15+,20-18+,23-22+,25-24+,26-21+. The molecule has 0 fully saturated rings. The second-order valence-corrected chi connectivity index (χ2v) is 15.6. The van der Waals surface area contributed by atoms with Gasteiger partial charge in [-0.05, 0) is 70.6 Å². The highest BCUT2D eigenvalue weighted by Crippen LogP contribution is 2.12. The smallest absolute Gasteiger partial charge is 0.362 e. The number of esters is 2. The molecule has 0 aromatic carbocycles. The number of carbonyl (C=O) groups excluding carboxylic acids is 2. The van der Waals surface area contributed by atoms with Crippen LogP contribution >= 0.6 is 0 Å². The summed E-state index contributed by atoms with van der Waals surface area (Å²) in [6.07, 6.45) is 48.0. The van der Waals surface area contributed by atoms with Gasteiger partial charge < -0.3 is 23.8 Å². The number of aliphatic carboxylic acids is 1. The highest BCUT2D eigenvalue weighted by molar-refractivity contribution is 5.72. The number of unbranched alkanes of at least 4 members (excludes halogenated alkanes) is 14. The molecule has 2 atom stereocenters. The van der Waals surface area contributed by atoms with Gasteiger partial charge in [-0.25, -0.2) is 4.79 Å². The predicted octanol–water partition coefficient (Wildman–Crippen LogP) is 12.0. The molecule has 0 amide bonds. The van der Waals surface area contributed by atoms with Crippen molar-refractivity contribution in [2.24, 2.45) is 0 Å². The van der Waals surface area contributed by atoms with Gasteiger partial charge in [-0.15, -0.1) is 0 Å². The molecule has 0 aromatic heterocycles. The summed E-state index contributed by atoms with van der Waals surface area (Å²) < 4.78 is 17.2. The summed E-state index contributed by atoms with van der Waals surface area (Å²) in [7, 11) is 5.50. The first-order chi connectivity index (χ1) is 27.1. The minimum atomic E-state index is -0.885. The van der Waals surface area contributed by atoms with Crippen molar-refractivity contribution in [3.8, 4) is 0 Å². The molecule has 0 saturated heterocycles. The largest absolute Gasteiger partial charge is 0.477 e. The van der Waals surface area contributed by atoms with E-state index < -0.39 is 18.1 Å². The first kappa shape index (κ1) is 52.8. The quantitative estimate of drug-likeness (QED) is 0.0219. The van der Waals surface area contributed by atoms with Gasteiger partial charge >= 0.3 is 17.9 Å². The predicted molar refractivity (Wildman–Crippen MR) is 233 cm³/mol. The Kier molecular flexibility index (Phi) is 36.4.